The summed E-state index contributed by atoms with van der Waals surface area (Å²) in [6.07, 6.45) is 5.22. The molecule has 0 radical (unpaired) electrons. The van der Waals surface area contributed by atoms with Crippen molar-refractivity contribution >= 4 is 5.91 Å². The summed E-state index contributed by atoms with van der Waals surface area (Å²) in [6.45, 7) is 2.38. The molecule has 0 spiro atoms. The van der Waals surface area contributed by atoms with Gasteiger partial charge in [-0.3, -0.25) is 14.7 Å². The molecule has 1 saturated heterocycles. The molecule has 1 aromatic heterocycles. The van der Waals surface area contributed by atoms with Crippen LogP contribution in [0.4, 0.5) is 0 Å². The van der Waals surface area contributed by atoms with Crippen molar-refractivity contribution in [1.29, 1.82) is 0 Å². The van der Waals surface area contributed by atoms with Crippen LogP contribution in [0.3, 0.4) is 0 Å². The average molecular weight is 430 g/mol. The van der Waals surface area contributed by atoms with Crippen LogP contribution in [0.2, 0.25) is 0 Å². The monoisotopic (exact) mass is 429 g/mol. The molecule has 1 fully saturated rings. The van der Waals surface area contributed by atoms with E-state index in [9.17, 15) is 4.79 Å². The lowest BCUT2D eigenvalue weighted by Gasteiger charge is -2.32. The van der Waals surface area contributed by atoms with E-state index in [0.717, 1.165) is 48.5 Å². The van der Waals surface area contributed by atoms with Crippen LogP contribution in [0.5, 0.6) is 5.75 Å². The van der Waals surface area contributed by atoms with Gasteiger partial charge in [-0.15, -0.1) is 0 Å². The van der Waals surface area contributed by atoms with Crippen LogP contribution in [0.15, 0.2) is 73.1 Å². The topological polar surface area (TPSA) is 45.7 Å². The first-order chi connectivity index (χ1) is 15.5. The van der Waals surface area contributed by atoms with E-state index in [4.69, 9.17) is 4.74 Å². The molecular formula is C27H31N3O2. The molecule has 1 aliphatic heterocycles. The molecule has 0 saturated carbocycles. The molecule has 32 heavy (non-hydrogen) atoms. The van der Waals surface area contributed by atoms with Gasteiger partial charge in [0.25, 0.3) is 0 Å². The highest BCUT2D eigenvalue weighted by Crippen LogP contribution is 2.39. The van der Waals surface area contributed by atoms with Crippen LogP contribution < -0.4 is 4.74 Å². The van der Waals surface area contributed by atoms with Gasteiger partial charge in [0.2, 0.25) is 5.91 Å². The summed E-state index contributed by atoms with van der Waals surface area (Å²) in [4.78, 5) is 21.9. The Labute approximate surface area is 190 Å². The summed E-state index contributed by atoms with van der Waals surface area (Å²) in [5, 5.41) is 0. The number of pyridine rings is 1. The number of likely N-dealkylation sites (tertiary alicyclic amines) is 1. The lowest BCUT2D eigenvalue weighted by Crippen LogP contribution is -2.44. The second kappa shape index (κ2) is 9.53. The number of ether oxygens (including phenoxy) is 1. The van der Waals surface area contributed by atoms with Gasteiger partial charge < -0.3 is 9.64 Å². The Kier molecular flexibility index (Phi) is 6.56. The number of hydrogen-bond donors (Lipinski definition) is 0. The fraction of sp³-hybridized carbons (Fsp3) is 0.333. The van der Waals surface area contributed by atoms with Crippen molar-refractivity contribution in [2.75, 3.05) is 34.3 Å². The predicted molar refractivity (Wildman–Crippen MR) is 127 cm³/mol. The summed E-state index contributed by atoms with van der Waals surface area (Å²) in [7, 11) is 5.43. The average Bonchev–Trinajstić information content (AvgIpc) is 3.23. The minimum atomic E-state index is -0.455. The highest BCUT2D eigenvalue weighted by atomic mass is 16.5. The van der Waals surface area contributed by atoms with Gasteiger partial charge in [0, 0.05) is 50.7 Å². The Morgan fingerprint density at radius 2 is 1.81 bits per heavy atom. The van der Waals surface area contributed by atoms with Crippen molar-refractivity contribution in [1.82, 2.24) is 14.8 Å². The van der Waals surface area contributed by atoms with E-state index in [0.29, 0.717) is 6.42 Å². The fourth-order valence-corrected chi connectivity index (χ4v) is 4.88. The third kappa shape index (κ3) is 4.53. The molecule has 0 bridgehead atoms. The molecule has 5 heteroatoms. The van der Waals surface area contributed by atoms with Crippen molar-refractivity contribution in [3.05, 3.63) is 84.2 Å². The first-order valence-electron chi connectivity index (χ1n) is 11.1. The standard InChI is InChI=1S/C27H31N3O2/c1-29(2)26(31)27(14-16-30(20-27)19-23-10-5-7-13-25(23)32-3)17-21-9-4-6-12-24(21)22-11-8-15-28-18-22/h4-13,15,18H,14,16-17,19-20H2,1-3H3/t27-/m1/s1. The van der Waals surface area contributed by atoms with Crippen molar-refractivity contribution in [2.24, 2.45) is 5.41 Å². The van der Waals surface area contributed by atoms with Crippen LogP contribution in [-0.4, -0.2) is 55.0 Å². The molecule has 1 aliphatic rings. The zero-order chi connectivity index (χ0) is 22.6. The predicted octanol–water partition coefficient (Wildman–Crippen LogP) is 4.28. The molecule has 2 aromatic carbocycles. The lowest BCUT2D eigenvalue weighted by molar-refractivity contribution is -0.138. The Balaban J connectivity index is 1.63. The van der Waals surface area contributed by atoms with E-state index in [-0.39, 0.29) is 5.91 Å². The second-order valence-corrected chi connectivity index (χ2v) is 8.83. The zero-order valence-corrected chi connectivity index (χ0v) is 19.1. The number of carbonyl (C=O) groups is 1. The van der Waals surface area contributed by atoms with Gasteiger partial charge in [-0.05, 0) is 42.6 Å². The quantitative estimate of drug-likeness (QED) is 0.562. The third-order valence-electron chi connectivity index (χ3n) is 6.40. The smallest absolute Gasteiger partial charge is 0.229 e. The summed E-state index contributed by atoms with van der Waals surface area (Å²) in [5.41, 5.74) is 4.12. The maximum absolute atomic E-state index is 13.5. The summed E-state index contributed by atoms with van der Waals surface area (Å²) >= 11 is 0. The molecular weight excluding hydrogens is 398 g/mol. The molecule has 3 aromatic rings. The minimum absolute atomic E-state index is 0.195. The largest absolute Gasteiger partial charge is 0.496 e. The lowest BCUT2D eigenvalue weighted by atomic mass is 9.78. The van der Waals surface area contributed by atoms with E-state index < -0.39 is 5.41 Å². The Morgan fingerprint density at radius 1 is 1.06 bits per heavy atom. The Bertz CT molecular complexity index is 1070. The summed E-state index contributed by atoms with van der Waals surface area (Å²) < 4.78 is 5.55. The molecule has 1 amide bonds. The van der Waals surface area contributed by atoms with Crippen LogP contribution in [-0.2, 0) is 17.8 Å². The van der Waals surface area contributed by atoms with E-state index in [1.54, 1.807) is 18.2 Å². The zero-order valence-electron chi connectivity index (χ0n) is 19.1. The van der Waals surface area contributed by atoms with Gasteiger partial charge in [0.15, 0.2) is 0 Å². The van der Waals surface area contributed by atoms with Gasteiger partial charge in [0.1, 0.15) is 5.75 Å². The normalized spacial score (nSPS) is 18.5. The highest BCUT2D eigenvalue weighted by Gasteiger charge is 2.45. The second-order valence-electron chi connectivity index (χ2n) is 8.83. The van der Waals surface area contributed by atoms with Crippen LogP contribution >= 0.6 is 0 Å². The summed E-state index contributed by atoms with van der Waals surface area (Å²) in [5.74, 6) is 1.09. The van der Waals surface area contributed by atoms with Crippen molar-refractivity contribution in [3.63, 3.8) is 0 Å². The van der Waals surface area contributed by atoms with Gasteiger partial charge in [-0.2, -0.15) is 0 Å². The number of aromatic nitrogens is 1. The fourth-order valence-electron chi connectivity index (χ4n) is 4.88. The molecule has 166 valence electrons. The van der Waals surface area contributed by atoms with Crippen molar-refractivity contribution < 1.29 is 9.53 Å². The number of amides is 1. The van der Waals surface area contributed by atoms with Gasteiger partial charge in [0.05, 0.1) is 12.5 Å². The third-order valence-corrected chi connectivity index (χ3v) is 6.40. The van der Waals surface area contributed by atoms with E-state index in [1.807, 2.05) is 44.6 Å². The molecule has 0 unspecified atom stereocenters. The molecule has 0 N–H and O–H groups in total. The molecule has 4 rings (SSSR count). The Hall–Kier alpha value is -3.18. The summed E-state index contributed by atoms with van der Waals surface area (Å²) in [6, 6.07) is 20.5. The van der Waals surface area contributed by atoms with Crippen LogP contribution in [0.25, 0.3) is 11.1 Å². The van der Waals surface area contributed by atoms with Crippen LogP contribution in [0.1, 0.15) is 17.5 Å². The maximum atomic E-state index is 13.5. The number of carbonyl (C=O) groups excluding carboxylic acids is 1. The maximum Gasteiger partial charge on any atom is 0.229 e. The first-order valence-corrected chi connectivity index (χ1v) is 11.1. The SMILES string of the molecule is COc1ccccc1CN1CC[C@](Cc2ccccc2-c2cccnc2)(C(=O)N(C)C)C1. The number of para-hydroxylation sites is 1. The first kappa shape index (κ1) is 22.0. The van der Waals surface area contributed by atoms with Crippen molar-refractivity contribution in [3.8, 4) is 16.9 Å². The molecule has 5 nitrogen and oxygen atoms in total. The molecule has 2 heterocycles. The van der Waals surface area contributed by atoms with Gasteiger partial charge in [-0.1, -0.05) is 48.5 Å². The van der Waals surface area contributed by atoms with E-state index in [1.165, 1.54) is 5.56 Å². The number of hydrogen-bond acceptors (Lipinski definition) is 4. The number of benzene rings is 2. The van der Waals surface area contributed by atoms with Crippen molar-refractivity contribution in [2.45, 2.75) is 19.4 Å². The van der Waals surface area contributed by atoms with E-state index >= 15 is 0 Å². The highest BCUT2D eigenvalue weighted by molar-refractivity contribution is 5.84. The van der Waals surface area contributed by atoms with Crippen LogP contribution in [0, 0.1) is 5.41 Å². The van der Waals surface area contributed by atoms with E-state index in [2.05, 4.69) is 46.3 Å². The van der Waals surface area contributed by atoms with Gasteiger partial charge in [-0.25, -0.2) is 0 Å². The number of nitrogens with zero attached hydrogens (tertiary/aromatic N) is 3. The minimum Gasteiger partial charge on any atom is -0.496 e. The molecule has 0 aliphatic carbocycles. The Morgan fingerprint density at radius 3 is 2.53 bits per heavy atom. The van der Waals surface area contributed by atoms with Gasteiger partial charge >= 0.3 is 0 Å². The molecule has 1 atom stereocenters. The number of rotatable bonds is 7. The number of methoxy groups -OCH3 is 1.